The second kappa shape index (κ2) is 13.1. The van der Waals surface area contributed by atoms with Crippen LogP contribution in [-0.4, -0.2) is 81.4 Å². The zero-order valence-electron chi connectivity index (χ0n) is 17.8. The topological polar surface area (TPSA) is 177 Å². The number of hydrogen-bond donors (Lipinski definition) is 7. The van der Waals surface area contributed by atoms with E-state index in [0.29, 0.717) is 0 Å². The first-order valence-electron chi connectivity index (χ1n) is 9.52. The Labute approximate surface area is 181 Å². The molecule has 0 aliphatic heterocycles. The molecule has 0 aromatic rings. The molecule has 5 atom stereocenters. The lowest BCUT2D eigenvalue weighted by atomic mass is 10.0. The molecule has 0 unspecified atom stereocenters. The lowest BCUT2D eigenvalue weighted by Crippen LogP contribution is -2.59. The minimum Gasteiger partial charge on any atom is -0.481 e. The smallest absolute Gasteiger partial charge is 0.326 e. The van der Waals surface area contributed by atoms with Crippen molar-refractivity contribution < 1.29 is 34.5 Å². The number of carbonyl (C=O) groups is 4. The molecule has 0 radical (unpaired) electrons. The standard InChI is InChI=1S/C18H32N4O7S/c1-8(2)13(18(28)29)22-17(30)9(3)20-16(27)14(10(4)23)21-15(26)11(19-5)6-7-12(24)25/h8-11,13-14,19,23H,6-7H2,1-5H3,(H,20,27)(H,21,26)(H,22,30)(H,24,25)(H,28,29)/t9-,10+,11-,13-,14-/m0/s1. The Morgan fingerprint density at radius 2 is 1.47 bits per heavy atom. The normalized spacial score (nSPS) is 16.0. The molecule has 30 heavy (non-hydrogen) atoms. The van der Waals surface area contributed by atoms with E-state index in [2.05, 4.69) is 21.3 Å². The fourth-order valence-electron chi connectivity index (χ4n) is 2.49. The van der Waals surface area contributed by atoms with Crippen LogP contribution in [0.3, 0.4) is 0 Å². The average molecular weight is 449 g/mol. The van der Waals surface area contributed by atoms with Crippen LogP contribution in [0.4, 0.5) is 0 Å². The van der Waals surface area contributed by atoms with Gasteiger partial charge in [-0.2, -0.15) is 0 Å². The van der Waals surface area contributed by atoms with E-state index >= 15 is 0 Å². The van der Waals surface area contributed by atoms with Gasteiger partial charge >= 0.3 is 11.9 Å². The lowest BCUT2D eigenvalue weighted by Gasteiger charge is -2.27. The summed E-state index contributed by atoms with van der Waals surface area (Å²) in [6.07, 6.45) is -1.49. The monoisotopic (exact) mass is 448 g/mol. The summed E-state index contributed by atoms with van der Waals surface area (Å²) in [7, 11) is 1.48. The minimum absolute atomic E-state index is 0.00199. The number of carboxylic acids is 2. The summed E-state index contributed by atoms with van der Waals surface area (Å²) in [6, 6.07) is -3.88. The third kappa shape index (κ3) is 9.46. The number of nitrogens with one attached hydrogen (secondary N) is 4. The van der Waals surface area contributed by atoms with E-state index in [0.717, 1.165) is 0 Å². The number of hydrogen-bond acceptors (Lipinski definition) is 7. The van der Waals surface area contributed by atoms with Gasteiger partial charge in [0.15, 0.2) is 0 Å². The SMILES string of the molecule is CN[C@@H](CCC(=O)O)C(=O)N[C@H](C(=O)N[C@@H](C)C(=S)N[C@H](C(=O)O)C(C)C)[C@@H](C)O. The highest BCUT2D eigenvalue weighted by Crippen LogP contribution is 2.04. The number of aliphatic hydroxyl groups excluding tert-OH is 1. The Morgan fingerprint density at radius 1 is 0.900 bits per heavy atom. The van der Waals surface area contributed by atoms with Gasteiger partial charge < -0.3 is 36.6 Å². The van der Waals surface area contributed by atoms with Crippen molar-refractivity contribution in [3.05, 3.63) is 0 Å². The fraction of sp³-hybridized carbons (Fsp3) is 0.722. The molecule has 0 aliphatic rings. The van der Waals surface area contributed by atoms with E-state index in [1.807, 2.05) is 0 Å². The number of carboxylic acid groups (broad SMARTS) is 2. The van der Waals surface area contributed by atoms with Gasteiger partial charge in [-0.3, -0.25) is 14.4 Å². The van der Waals surface area contributed by atoms with Crippen LogP contribution < -0.4 is 21.3 Å². The molecule has 0 aromatic heterocycles. The second-order valence-corrected chi connectivity index (χ2v) is 7.74. The van der Waals surface area contributed by atoms with Crippen molar-refractivity contribution >= 4 is 41.0 Å². The zero-order valence-corrected chi connectivity index (χ0v) is 18.6. The van der Waals surface area contributed by atoms with Crippen LogP contribution in [0.1, 0.15) is 40.5 Å². The lowest BCUT2D eigenvalue weighted by molar-refractivity contribution is -0.140. The summed E-state index contributed by atoms with van der Waals surface area (Å²) in [6.45, 7) is 6.27. The van der Waals surface area contributed by atoms with Gasteiger partial charge in [-0.25, -0.2) is 4.79 Å². The quantitative estimate of drug-likeness (QED) is 0.170. The number of carbonyl (C=O) groups excluding carboxylic acids is 2. The molecule has 11 nitrogen and oxygen atoms in total. The number of thiocarbonyl (C=S) groups is 1. The molecule has 0 spiro atoms. The molecule has 0 aromatic carbocycles. The first kappa shape index (κ1) is 27.7. The van der Waals surface area contributed by atoms with Crippen LogP contribution in [0.2, 0.25) is 0 Å². The van der Waals surface area contributed by atoms with Crippen molar-refractivity contribution in [2.45, 2.75) is 70.8 Å². The summed E-state index contributed by atoms with van der Waals surface area (Å²) in [4.78, 5) is 47.0. The molecule has 0 bridgehead atoms. The van der Waals surface area contributed by atoms with Crippen LogP contribution in [0.5, 0.6) is 0 Å². The van der Waals surface area contributed by atoms with Crippen molar-refractivity contribution in [1.29, 1.82) is 0 Å². The first-order valence-corrected chi connectivity index (χ1v) is 9.93. The summed E-state index contributed by atoms with van der Waals surface area (Å²) in [5, 5.41) is 38.2. The predicted octanol–water partition coefficient (Wildman–Crippen LogP) is -1.16. The molecule has 2 amide bonds. The summed E-state index contributed by atoms with van der Waals surface area (Å²) in [5.41, 5.74) is 0. The molecule has 0 saturated heterocycles. The number of rotatable bonds is 13. The highest BCUT2D eigenvalue weighted by atomic mass is 32.1. The van der Waals surface area contributed by atoms with E-state index in [4.69, 9.17) is 17.3 Å². The molecule has 0 heterocycles. The third-order valence-corrected chi connectivity index (χ3v) is 4.83. The van der Waals surface area contributed by atoms with Crippen molar-refractivity contribution in [2.24, 2.45) is 5.92 Å². The Balaban J connectivity index is 5.06. The van der Waals surface area contributed by atoms with Gasteiger partial charge in [0.2, 0.25) is 11.8 Å². The third-order valence-electron chi connectivity index (χ3n) is 4.36. The first-order chi connectivity index (χ1) is 13.8. The van der Waals surface area contributed by atoms with Gasteiger partial charge in [-0.05, 0) is 33.2 Å². The van der Waals surface area contributed by atoms with E-state index < -0.39 is 54.0 Å². The van der Waals surface area contributed by atoms with Crippen molar-refractivity contribution in [3.8, 4) is 0 Å². The summed E-state index contributed by atoms with van der Waals surface area (Å²) in [5.74, 6) is -3.77. The Kier molecular flexibility index (Phi) is 12.1. The Hall–Kier alpha value is -2.31. The number of aliphatic carboxylic acids is 2. The van der Waals surface area contributed by atoms with Crippen LogP contribution in [0.25, 0.3) is 0 Å². The van der Waals surface area contributed by atoms with Gasteiger partial charge in [0.1, 0.15) is 12.1 Å². The number of amides is 2. The molecule has 0 fully saturated rings. The molecule has 0 saturated carbocycles. The molecule has 12 heteroatoms. The highest BCUT2D eigenvalue weighted by Gasteiger charge is 2.31. The van der Waals surface area contributed by atoms with E-state index in [1.54, 1.807) is 13.8 Å². The van der Waals surface area contributed by atoms with Gasteiger partial charge in [-0.1, -0.05) is 26.1 Å². The molecular formula is C18H32N4O7S. The van der Waals surface area contributed by atoms with Crippen LogP contribution in [0.15, 0.2) is 0 Å². The maximum atomic E-state index is 12.6. The summed E-state index contributed by atoms with van der Waals surface area (Å²) >= 11 is 5.16. The largest absolute Gasteiger partial charge is 0.481 e. The molecule has 0 aliphatic carbocycles. The Bertz CT molecular complexity index is 642. The van der Waals surface area contributed by atoms with Crippen molar-refractivity contribution in [1.82, 2.24) is 21.3 Å². The van der Waals surface area contributed by atoms with Crippen LogP contribution in [0, 0.1) is 5.92 Å². The van der Waals surface area contributed by atoms with Crippen LogP contribution in [-0.2, 0) is 19.2 Å². The minimum atomic E-state index is -1.32. The molecule has 7 N–H and O–H groups in total. The maximum absolute atomic E-state index is 12.6. The van der Waals surface area contributed by atoms with Crippen LogP contribution >= 0.6 is 12.2 Å². The molecule has 0 rings (SSSR count). The molecule has 172 valence electrons. The predicted molar refractivity (Wildman–Crippen MR) is 113 cm³/mol. The number of likely N-dealkylation sites (N-methyl/N-ethyl adjacent to an activating group) is 1. The maximum Gasteiger partial charge on any atom is 0.326 e. The van der Waals surface area contributed by atoms with Crippen molar-refractivity contribution in [3.63, 3.8) is 0 Å². The van der Waals surface area contributed by atoms with Gasteiger partial charge in [0, 0.05) is 6.42 Å². The number of aliphatic hydroxyl groups is 1. The second-order valence-electron chi connectivity index (χ2n) is 7.30. The van der Waals surface area contributed by atoms with Crippen molar-refractivity contribution in [2.75, 3.05) is 7.05 Å². The zero-order chi connectivity index (χ0) is 23.6. The van der Waals surface area contributed by atoms with Gasteiger partial charge in [0.25, 0.3) is 0 Å². The van der Waals surface area contributed by atoms with Gasteiger partial charge in [0.05, 0.1) is 23.2 Å². The van der Waals surface area contributed by atoms with E-state index in [-0.39, 0.29) is 23.7 Å². The Morgan fingerprint density at radius 3 is 1.87 bits per heavy atom. The fourth-order valence-corrected chi connectivity index (χ4v) is 2.68. The van der Waals surface area contributed by atoms with E-state index in [9.17, 15) is 29.4 Å². The highest BCUT2D eigenvalue weighted by molar-refractivity contribution is 7.80. The van der Waals surface area contributed by atoms with Gasteiger partial charge in [-0.15, -0.1) is 0 Å². The van der Waals surface area contributed by atoms with E-state index in [1.165, 1.54) is 20.9 Å². The molecular weight excluding hydrogens is 416 g/mol. The average Bonchev–Trinajstić information content (AvgIpc) is 2.62. The summed E-state index contributed by atoms with van der Waals surface area (Å²) < 4.78 is 0.